The van der Waals surface area contributed by atoms with Crippen LogP contribution >= 0.6 is 11.3 Å². The lowest BCUT2D eigenvalue weighted by atomic mass is 9.92. The number of nitro benzene ring substituents is 1. The molecule has 128 valence electrons. The van der Waals surface area contributed by atoms with Gasteiger partial charge >= 0.3 is 4.87 Å². The lowest BCUT2D eigenvalue weighted by Crippen LogP contribution is -2.38. The first kappa shape index (κ1) is 16.9. The van der Waals surface area contributed by atoms with Gasteiger partial charge in [0.15, 0.2) is 0 Å². The quantitative estimate of drug-likeness (QED) is 0.678. The molecule has 1 aliphatic rings. The molecule has 24 heavy (non-hydrogen) atoms. The fourth-order valence-electron chi connectivity index (χ4n) is 3.60. The Labute approximate surface area is 144 Å². The molecule has 0 radical (unpaired) electrons. The molecule has 0 amide bonds. The molecule has 1 aromatic heterocycles. The van der Waals surface area contributed by atoms with Gasteiger partial charge in [0, 0.05) is 42.2 Å². The number of aromatic nitrogens is 1. The maximum absolute atomic E-state index is 11.9. The molecule has 1 aromatic carbocycles. The van der Waals surface area contributed by atoms with E-state index >= 15 is 0 Å². The second-order valence-corrected chi connectivity index (χ2v) is 7.83. The number of hydrogen-bond donors (Lipinski definition) is 1. The predicted molar refractivity (Wildman–Crippen MR) is 95.3 cm³/mol. The van der Waals surface area contributed by atoms with Crippen LogP contribution in [0, 0.1) is 22.0 Å². The summed E-state index contributed by atoms with van der Waals surface area (Å²) in [4.78, 5) is 28.5. The number of rotatable bonds is 4. The molecule has 1 aliphatic heterocycles. The zero-order valence-electron chi connectivity index (χ0n) is 13.8. The molecule has 6 nitrogen and oxygen atoms in total. The van der Waals surface area contributed by atoms with E-state index in [0.29, 0.717) is 29.6 Å². The van der Waals surface area contributed by atoms with Gasteiger partial charge in [-0.15, -0.1) is 0 Å². The highest BCUT2D eigenvalue weighted by molar-refractivity contribution is 7.09. The van der Waals surface area contributed by atoms with Crippen molar-refractivity contribution in [3.63, 3.8) is 0 Å². The Morgan fingerprint density at radius 2 is 2.04 bits per heavy atom. The molecule has 3 rings (SSSR count). The number of hydrogen-bond acceptors (Lipinski definition) is 5. The lowest BCUT2D eigenvalue weighted by molar-refractivity contribution is -0.384. The van der Waals surface area contributed by atoms with Gasteiger partial charge in [-0.25, -0.2) is 0 Å². The third-order valence-corrected chi connectivity index (χ3v) is 5.25. The summed E-state index contributed by atoms with van der Waals surface area (Å²) in [5, 5.41) is 11.0. The van der Waals surface area contributed by atoms with Gasteiger partial charge in [-0.3, -0.25) is 19.8 Å². The largest absolute Gasteiger partial charge is 0.312 e. The average Bonchev–Trinajstić information content (AvgIpc) is 2.87. The highest BCUT2D eigenvalue weighted by atomic mass is 32.1. The van der Waals surface area contributed by atoms with Crippen molar-refractivity contribution in [2.24, 2.45) is 11.8 Å². The smallest absolute Gasteiger partial charge is 0.305 e. The van der Waals surface area contributed by atoms with Gasteiger partial charge in [-0.1, -0.05) is 37.3 Å². The van der Waals surface area contributed by atoms with Crippen molar-refractivity contribution >= 4 is 17.0 Å². The molecule has 7 heteroatoms. The number of likely N-dealkylation sites (tertiary alicyclic amines) is 1. The topological polar surface area (TPSA) is 79.2 Å². The first-order valence-corrected chi connectivity index (χ1v) is 8.93. The second-order valence-electron chi connectivity index (χ2n) is 6.76. The van der Waals surface area contributed by atoms with Crippen molar-refractivity contribution in [1.29, 1.82) is 0 Å². The van der Waals surface area contributed by atoms with E-state index in [9.17, 15) is 14.9 Å². The van der Waals surface area contributed by atoms with Gasteiger partial charge in [-0.05, 0) is 18.3 Å². The zero-order chi connectivity index (χ0) is 17.3. The summed E-state index contributed by atoms with van der Waals surface area (Å²) in [7, 11) is 0. The predicted octanol–water partition coefficient (Wildman–Crippen LogP) is 3.49. The average molecular weight is 347 g/mol. The van der Waals surface area contributed by atoms with Crippen LogP contribution in [-0.2, 0) is 6.54 Å². The molecule has 0 spiro atoms. The van der Waals surface area contributed by atoms with E-state index in [4.69, 9.17) is 0 Å². The Morgan fingerprint density at radius 1 is 1.33 bits per heavy atom. The molecule has 0 aliphatic carbocycles. The summed E-state index contributed by atoms with van der Waals surface area (Å²) < 4.78 is 0. The first-order chi connectivity index (χ1) is 11.4. The van der Waals surface area contributed by atoms with Gasteiger partial charge in [0.25, 0.3) is 5.69 Å². The maximum atomic E-state index is 11.9. The Bertz CT molecular complexity index is 788. The summed E-state index contributed by atoms with van der Waals surface area (Å²) in [6.45, 7) is 7.25. The Morgan fingerprint density at radius 3 is 2.71 bits per heavy atom. The SMILES string of the molecule is CC1CC(C)CN(Cc2sc(=O)[nH]c2-c2cccc([N+](=O)[O-])c2)C1. The van der Waals surface area contributed by atoms with E-state index in [-0.39, 0.29) is 10.6 Å². The first-order valence-electron chi connectivity index (χ1n) is 8.11. The van der Waals surface area contributed by atoms with Gasteiger partial charge in [0.2, 0.25) is 0 Å². The van der Waals surface area contributed by atoms with Crippen molar-refractivity contribution in [1.82, 2.24) is 9.88 Å². The number of non-ortho nitro benzene ring substituents is 1. The zero-order valence-corrected chi connectivity index (χ0v) is 14.6. The van der Waals surface area contributed by atoms with E-state index in [1.54, 1.807) is 12.1 Å². The second kappa shape index (κ2) is 6.86. The molecule has 2 unspecified atom stereocenters. The molecule has 2 aromatic rings. The lowest BCUT2D eigenvalue weighted by Gasteiger charge is -2.34. The molecule has 2 atom stereocenters. The van der Waals surface area contributed by atoms with Gasteiger partial charge in [-0.2, -0.15) is 0 Å². The minimum absolute atomic E-state index is 0.0331. The molecule has 1 N–H and O–H groups in total. The van der Waals surface area contributed by atoms with Crippen LogP contribution < -0.4 is 4.87 Å². The summed E-state index contributed by atoms with van der Waals surface area (Å²) >= 11 is 1.20. The molecular weight excluding hydrogens is 326 g/mol. The van der Waals surface area contributed by atoms with Crippen LogP contribution in [0.1, 0.15) is 25.1 Å². The number of aromatic amines is 1. The van der Waals surface area contributed by atoms with E-state index in [1.165, 1.54) is 29.9 Å². The van der Waals surface area contributed by atoms with Crippen LogP contribution in [0.25, 0.3) is 11.3 Å². The van der Waals surface area contributed by atoms with Gasteiger partial charge in [0.1, 0.15) is 0 Å². The van der Waals surface area contributed by atoms with Crippen LogP contribution in [-0.4, -0.2) is 27.9 Å². The monoisotopic (exact) mass is 347 g/mol. The Hall–Kier alpha value is -1.99. The van der Waals surface area contributed by atoms with Crippen molar-refractivity contribution in [2.45, 2.75) is 26.8 Å². The molecule has 1 saturated heterocycles. The van der Waals surface area contributed by atoms with Crippen LogP contribution in [0.15, 0.2) is 29.1 Å². The van der Waals surface area contributed by atoms with Crippen molar-refractivity contribution < 1.29 is 4.92 Å². The van der Waals surface area contributed by atoms with Crippen LogP contribution in [0.4, 0.5) is 5.69 Å². The third-order valence-electron chi connectivity index (χ3n) is 4.38. The molecule has 0 bridgehead atoms. The van der Waals surface area contributed by atoms with E-state index in [1.807, 2.05) is 0 Å². The highest BCUT2D eigenvalue weighted by Gasteiger charge is 2.23. The minimum atomic E-state index is -0.415. The molecular formula is C17H21N3O3S. The van der Waals surface area contributed by atoms with Crippen molar-refractivity contribution in [3.05, 3.63) is 48.9 Å². The van der Waals surface area contributed by atoms with Crippen molar-refractivity contribution in [3.8, 4) is 11.3 Å². The number of H-pyrrole nitrogens is 1. The van der Waals surface area contributed by atoms with Crippen LogP contribution in [0.3, 0.4) is 0 Å². The maximum Gasteiger partial charge on any atom is 0.305 e. The van der Waals surface area contributed by atoms with Gasteiger partial charge in [0.05, 0.1) is 10.6 Å². The van der Waals surface area contributed by atoms with Gasteiger partial charge < -0.3 is 4.98 Å². The van der Waals surface area contributed by atoms with Crippen LogP contribution in [0.5, 0.6) is 0 Å². The fourth-order valence-corrected chi connectivity index (χ4v) is 4.50. The number of thiazole rings is 1. The Kier molecular flexibility index (Phi) is 4.82. The number of nitro groups is 1. The summed E-state index contributed by atoms with van der Waals surface area (Å²) in [6, 6.07) is 6.43. The standard InChI is InChI=1S/C17H21N3O3S/c1-11-6-12(2)9-19(8-11)10-15-16(18-17(21)24-15)13-4-3-5-14(7-13)20(22)23/h3-5,7,11-12H,6,8-10H2,1-2H3,(H,18,21). The molecule has 1 fully saturated rings. The number of piperidine rings is 1. The molecule has 0 saturated carbocycles. The van der Waals surface area contributed by atoms with E-state index in [0.717, 1.165) is 18.0 Å². The molecule has 2 heterocycles. The summed E-state index contributed by atoms with van der Waals surface area (Å²) in [5.74, 6) is 1.29. The van der Waals surface area contributed by atoms with E-state index in [2.05, 4.69) is 23.7 Å². The Balaban J connectivity index is 1.89. The minimum Gasteiger partial charge on any atom is -0.312 e. The summed E-state index contributed by atoms with van der Waals surface area (Å²) in [5.41, 5.74) is 1.43. The fraction of sp³-hybridized carbons (Fsp3) is 0.471. The summed E-state index contributed by atoms with van der Waals surface area (Å²) in [6.07, 6.45) is 1.23. The third kappa shape index (κ3) is 3.73. The van der Waals surface area contributed by atoms with Crippen molar-refractivity contribution in [2.75, 3.05) is 13.1 Å². The number of benzene rings is 1. The number of nitrogens with one attached hydrogen (secondary N) is 1. The van der Waals surface area contributed by atoms with Crippen LogP contribution in [0.2, 0.25) is 0 Å². The normalized spacial score (nSPS) is 21.8. The number of nitrogens with zero attached hydrogens (tertiary/aromatic N) is 2. The highest BCUT2D eigenvalue weighted by Crippen LogP contribution is 2.29. The van der Waals surface area contributed by atoms with E-state index < -0.39 is 4.92 Å².